The number of urea groups is 1. The molecular weight excluding hydrogens is 294 g/mol. The van der Waals surface area contributed by atoms with Crippen molar-refractivity contribution >= 4 is 23.5 Å². The fourth-order valence-electron chi connectivity index (χ4n) is 3.04. The Morgan fingerprint density at radius 2 is 1.87 bits per heavy atom. The maximum Gasteiger partial charge on any atom is 0.332 e. The van der Waals surface area contributed by atoms with Gasteiger partial charge in [0.05, 0.1) is 0 Å². The summed E-state index contributed by atoms with van der Waals surface area (Å²) in [6, 6.07) is 8.34. The number of carbonyl (C=O) groups is 3. The Bertz CT molecular complexity index is 627. The first-order valence-electron chi connectivity index (χ1n) is 8.03. The number of hydrogen-bond acceptors (Lipinski definition) is 3. The molecule has 0 spiro atoms. The Morgan fingerprint density at radius 1 is 1.22 bits per heavy atom. The Labute approximate surface area is 135 Å². The lowest BCUT2D eigenvalue weighted by molar-refractivity contribution is -0.137. The van der Waals surface area contributed by atoms with E-state index in [4.69, 9.17) is 0 Å². The lowest BCUT2D eigenvalue weighted by Gasteiger charge is -2.23. The van der Waals surface area contributed by atoms with Gasteiger partial charge in [0.2, 0.25) is 5.91 Å². The first-order valence-corrected chi connectivity index (χ1v) is 8.03. The lowest BCUT2D eigenvalue weighted by Crippen LogP contribution is -2.44. The van der Waals surface area contributed by atoms with E-state index in [1.165, 1.54) is 4.90 Å². The molecule has 1 saturated heterocycles. The van der Waals surface area contributed by atoms with E-state index in [1.54, 1.807) is 24.0 Å². The zero-order valence-electron chi connectivity index (χ0n) is 13.4. The number of rotatable bonds is 5. The predicted molar refractivity (Wildman–Crippen MR) is 85.9 cm³/mol. The summed E-state index contributed by atoms with van der Waals surface area (Å²) in [4.78, 5) is 41.7. The Morgan fingerprint density at radius 3 is 2.43 bits per heavy atom. The second-order valence-electron chi connectivity index (χ2n) is 6.00. The van der Waals surface area contributed by atoms with Crippen molar-refractivity contribution in [1.29, 1.82) is 0 Å². The van der Waals surface area contributed by atoms with Gasteiger partial charge in [0.15, 0.2) is 0 Å². The predicted octanol–water partition coefficient (Wildman–Crippen LogP) is 1.85. The maximum absolute atomic E-state index is 12.6. The summed E-state index contributed by atoms with van der Waals surface area (Å²) in [5, 5.41) is 0. The van der Waals surface area contributed by atoms with Gasteiger partial charge >= 0.3 is 6.03 Å². The van der Waals surface area contributed by atoms with Crippen LogP contribution in [0.2, 0.25) is 0 Å². The highest BCUT2D eigenvalue weighted by atomic mass is 16.2. The molecule has 1 aromatic carbocycles. The molecule has 1 aliphatic carbocycles. The maximum atomic E-state index is 12.6. The average molecular weight is 315 g/mol. The highest BCUT2D eigenvalue weighted by Crippen LogP contribution is 2.28. The largest absolute Gasteiger partial charge is 0.338 e. The third-order valence-corrected chi connectivity index (χ3v) is 4.42. The number of imide groups is 1. The molecule has 4 amide bonds. The van der Waals surface area contributed by atoms with Gasteiger partial charge in [-0.15, -0.1) is 0 Å². The van der Waals surface area contributed by atoms with Crippen molar-refractivity contribution in [3.05, 3.63) is 30.3 Å². The number of nitrogens with zero attached hydrogens (tertiary/aromatic N) is 3. The first-order chi connectivity index (χ1) is 11.0. The van der Waals surface area contributed by atoms with Gasteiger partial charge in [-0.1, -0.05) is 18.2 Å². The molecule has 0 unspecified atom stereocenters. The van der Waals surface area contributed by atoms with Crippen molar-refractivity contribution in [2.45, 2.75) is 38.8 Å². The number of carbonyl (C=O) groups excluding carboxylic acids is 3. The third kappa shape index (κ3) is 2.81. The van der Waals surface area contributed by atoms with Crippen LogP contribution in [0.15, 0.2) is 30.3 Å². The molecule has 122 valence electrons. The van der Waals surface area contributed by atoms with Crippen molar-refractivity contribution < 1.29 is 14.4 Å². The summed E-state index contributed by atoms with van der Waals surface area (Å²) in [5.74, 6) is -0.474. The second-order valence-corrected chi connectivity index (χ2v) is 6.00. The fourth-order valence-corrected chi connectivity index (χ4v) is 3.04. The quantitative estimate of drug-likeness (QED) is 0.779. The van der Waals surface area contributed by atoms with E-state index in [1.807, 2.05) is 25.1 Å². The topological polar surface area (TPSA) is 60.9 Å². The van der Waals surface area contributed by atoms with Crippen molar-refractivity contribution in [2.75, 3.05) is 18.0 Å². The number of likely N-dealkylation sites (N-methyl/N-ethyl adjacent to an activating group) is 1. The van der Waals surface area contributed by atoms with Crippen LogP contribution >= 0.6 is 0 Å². The molecular formula is C17H21N3O3. The summed E-state index contributed by atoms with van der Waals surface area (Å²) in [7, 11) is 0. The van der Waals surface area contributed by atoms with Crippen LogP contribution in [0.3, 0.4) is 0 Å². The number of amides is 4. The minimum absolute atomic E-state index is 0.154. The third-order valence-electron chi connectivity index (χ3n) is 4.42. The first kappa shape index (κ1) is 15.5. The fraction of sp³-hybridized carbons (Fsp3) is 0.471. The van der Waals surface area contributed by atoms with E-state index in [9.17, 15) is 14.4 Å². The van der Waals surface area contributed by atoms with Gasteiger partial charge in [0.25, 0.3) is 5.91 Å². The smallest absolute Gasteiger partial charge is 0.332 e. The summed E-state index contributed by atoms with van der Waals surface area (Å²) >= 11 is 0. The van der Waals surface area contributed by atoms with Crippen LogP contribution in [-0.2, 0) is 9.59 Å². The van der Waals surface area contributed by atoms with Crippen molar-refractivity contribution in [3.8, 4) is 0 Å². The Hall–Kier alpha value is -2.37. The molecule has 1 saturated carbocycles. The van der Waals surface area contributed by atoms with E-state index in [0.717, 1.165) is 17.7 Å². The molecule has 0 bridgehead atoms. The van der Waals surface area contributed by atoms with Gasteiger partial charge in [-0.05, 0) is 38.8 Å². The molecule has 6 heteroatoms. The highest BCUT2D eigenvalue weighted by Gasteiger charge is 2.45. The van der Waals surface area contributed by atoms with Crippen molar-refractivity contribution in [3.63, 3.8) is 0 Å². The van der Waals surface area contributed by atoms with E-state index >= 15 is 0 Å². The Kier molecular flexibility index (Phi) is 4.07. The van der Waals surface area contributed by atoms with Crippen LogP contribution in [0.1, 0.15) is 26.7 Å². The molecule has 0 radical (unpaired) electrons. The molecule has 1 atom stereocenters. The van der Waals surface area contributed by atoms with Crippen LogP contribution in [0.4, 0.5) is 10.5 Å². The molecule has 2 aliphatic rings. The zero-order valence-corrected chi connectivity index (χ0v) is 13.4. The van der Waals surface area contributed by atoms with Crippen LogP contribution in [0.5, 0.6) is 0 Å². The van der Waals surface area contributed by atoms with Crippen LogP contribution in [0.25, 0.3) is 0 Å². The summed E-state index contributed by atoms with van der Waals surface area (Å²) < 4.78 is 0. The lowest BCUT2D eigenvalue weighted by atomic mass is 10.2. The standard InChI is InChI=1S/C17H21N3O3/c1-3-18(13-9-10-13)15(21)11-19-16(22)12(2)20(17(19)23)14-7-5-4-6-8-14/h4-8,12-13H,3,9-11H2,1-2H3/t12-/m0/s1. The van der Waals surface area contributed by atoms with E-state index in [-0.39, 0.29) is 24.4 Å². The highest BCUT2D eigenvalue weighted by molar-refractivity contribution is 6.15. The number of para-hydroxylation sites is 1. The van der Waals surface area contributed by atoms with E-state index in [2.05, 4.69) is 0 Å². The molecule has 1 aliphatic heterocycles. The van der Waals surface area contributed by atoms with Crippen LogP contribution < -0.4 is 4.90 Å². The normalized spacial score (nSPS) is 21.0. The van der Waals surface area contributed by atoms with Crippen LogP contribution in [0, 0.1) is 0 Å². The summed E-state index contributed by atoms with van der Waals surface area (Å²) in [6.07, 6.45) is 2.02. The van der Waals surface area contributed by atoms with Crippen molar-refractivity contribution in [1.82, 2.24) is 9.80 Å². The van der Waals surface area contributed by atoms with Gasteiger partial charge in [-0.25, -0.2) is 4.79 Å². The molecule has 0 aromatic heterocycles. The van der Waals surface area contributed by atoms with E-state index in [0.29, 0.717) is 12.2 Å². The zero-order chi connectivity index (χ0) is 16.6. The van der Waals surface area contributed by atoms with Gasteiger partial charge in [-0.2, -0.15) is 0 Å². The van der Waals surface area contributed by atoms with Gasteiger partial charge in [0.1, 0.15) is 12.6 Å². The number of hydrogen-bond donors (Lipinski definition) is 0. The Balaban J connectivity index is 1.77. The number of benzene rings is 1. The molecule has 23 heavy (non-hydrogen) atoms. The summed E-state index contributed by atoms with van der Waals surface area (Å²) in [6.45, 7) is 4.05. The molecule has 6 nitrogen and oxygen atoms in total. The molecule has 2 fully saturated rings. The van der Waals surface area contributed by atoms with Gasteiger partial charge < -0.3 is 4.90 Å². The molecule has 3 rings (SSSR count). The minimum Gasteiger partial charge on any atom is -0.338 e. The van der Waals surface area contributed by atoms with Gasteiger partial charge in [-0.3, -0.25) is 19.4 Å². The summed E-state index contributed by atoms with van der Waals surface area (Å²) in [5.41, 5.74) is 0.669. The average Bonchev–Trinajstić information content (AvgIpc) is 3.35. The van der Waals surface area contributed by atoms with E-state index < -0.39 is 12.1 Å². The van der Waals surface area contributed by atoms with Crippen molar-refractivity contribution in [2.24, 2.45) is 0 Å². The number of anilines is 1. The van der Waals surface area contributed by atoms with Gasteiger partial charge in [0, 0.05) is 18.3 Å². The molecule has 0 N–H and O–H groups in total. The molecule has 1 heterocycles. The monoisotopic (exact) mass is 315 g/mol. The molecule has 1 aromatic rings. The minimum atomic E-state index is -0.589. The second kappa shape index (κ2) is 6.02. The van der Waals surface area contributed by atoms with Crippen LogP contribution in [-0.4, -0.2) is 52.8 Å². The SMILES string of the molecule is CCN(C(=O)CN1C(=O)[C@H](C)N(c2ccccc2)C1=O)C1CC1.